The van der Waals surface area contributed by atoms with Gasteiger partial charge in [-0.05, 0) is 64.7 Å². The molecule has 3 heteroatoms. The topological polar surface area (TPSA) is 18.5 Å². The number of likely N-dealkylation sites (N-methyl/N-ethyl adjacent to an activating group) is 1. The van der Waals surface area contributed by atoms with Crippen LogP contribution in [0, 0.1) is 0 Å². The van der Waals surface area contributed by atoms with E-state index in [2.05, 4.69) is 22.0 Å². The fraction of sp³-hybridized carbons (Fsp3) is 1.00. The van der Waals surface area contributed by atoms with Crippen LogP contribution in [0.1, 0.15) is 45.4 Å². The van der Waals surface area contributed by atoms with E-state index in [1.54, 1.807) is 0 Å². The van der Waals surface area contributed by atoms with E-state index in [4.69, 9.17) is 0 Å². The van der Waals surface area contributed by atoms with Gasteiger partial charge in [-0.1, -0.05) is 6.92 Å². The Morgan fingerprint density at radius 2 is 2.06 bits per heavy atom. The molecule has 3 heterocycles. The Morgan fingerprint density at radius 1 is 1.11 bits per heavy atom. The van der Waals surface area contributed by atoms with E-state index >= 15 is 0 Å². The lowest BCUT2D eigenvalue weighted by Gasteiger charge is -2.44. The van der Waals surface area contributed by atoms with Crippen LogP contribution >= 0.6 is 0 Å². The fourth-order valence-corrected chi connectivity index (χ4v) is 4.44. The summed E-state index contributed by atoms with van der Waals surface area (Å²) in [5, 5.41) is 3.58. The van der Waals surface area contributed by atoms with E-state index in [0.717, 1.165) is 18.1 Å². The summed E-state index contributed by atoms with van der Waals surface area (Å²) >= 11 is 0. The lowest BCUT2D eigenvalue weighted by molar-refractivity contribution is 0.0525. The van der Waals surface area contributed by atoms with Crippen molar-refractivity contribution in [3.8, 4) is 0 Å². The molecule has 1 N–H and O–H groups in total. The van der Waals surface area contributed by atoms with Crippen LogP contribution in [-0.4, -0.2) is 60.6 Å². The highest BCUT2D eigenvalue weighted by molar-refractivity contribution is 4.92. The van der Waals surface area contributed by atoms with E-state index in [1.165, 1.54) is 71.2 Å². The maximum Gasteiger partial charge on any atom is 0.0223 e. The SMILES string of the molecule is CCN(C1CCCNC1)C1CCN2CCCC2C1. The largest absolute Gasteiger partial charge is 0.315 e. The third-order valence-electron chi connectivity index (χ3n) is 5.37. The fourth-order valence-electron chi connectivity index (χ4n) is 4.44. The first kappa shape index (κ1) is 12.9. The molecule has 18 heavy (non-hydrogen) atoms. The maximum absolute atomic E-state index is 3.58. The van der Waals surface area contributed by atoms with Gasteiger partial charge >= 0.3 is 0 Å². The Hall–Kier alpha value is -0.120. The lowest BCUT2D eigenvalue weighted by Crippen LogP contribution is -2.54. The molecular formula is C15H29N3. The number of nitrogens with zero attached hydrogens (tertiary/aromatic N) is 2. The zero-order chi connectivity index (χ0) is 12.4. The summed E-state index contributed by atoms with van der Waals surface area (Å²) in [5.74, 6) is 0. The Bertz CT molecular complexity index is 262. The van der Waals surface area contributed by atoms with E-state index in [0.29, 0.717) is 0 Å². The summed E-state index contributed by atoms with van der Waals surface area (Å²) in [6.45, 7) is 8.77. The van der Waals surface area contributed by atoms with Crippen molar-refractivity contribution in [3.63, 3.8) is 0 Å². The van der Waals surface area contributed by atoms with Crippen molar-refractivity contribution in [3.05, 3.63) is 0 Å². The number of nitrogens with one attached hydrogen (secondary N) is 1. The van der Waals surface area contributed by atoms with Gasteiger partial charge in [-0.15, -0.1) is 0 Å². The summed E-state index contributed by atoms with van der Waals surface area (Å²) in [5.41, 5.74) is 0. The normalized spacial score (nSPS) is 38.0. The molecule has 0 aromatic heterocycles. The molecule has 3 unspecified atom stereocenters. The zero-order valence-electron chi connectivity index (χ0n) is 11.9. The van der Waals surface area contributed by atoms with Crippen LogP contribution in [0.25, 0.3) is 0 Å². The maximum atomic E-state index is 3.58. The molecule has 3 rings (SSSR count). The number of fused-ring (bicyclic) bond motifs is 1. The van der Waals surface area contributed by atoms with Gasteiger partial charge in [0.2, 0.25) is 0 Å². The van der Waals surface area contributed by atoms with Gasteiger partial charge in [0, 0.05) is 24.7 Å². The number of rotatable bonds is 3. The van der Waals surface area contributed by atoms with Crippen molar-refractivity contribution in [2.45, 2.75) is 63.6 Å². The summed E-state index contributed by atoms with van der Waals surface area (Å²) in [6, 6.07) is 2.58. The van der Waals surface area contributed by atoms with Crippen LogP contribution in [0.4, 0.5) is 0 Å². The molecule has 0 aromatic carbocycles. The van der Waals surface area contributed by atoms with Crippen LogP contribution < -0.4 is 5.32 Å². The molecule has 3 aliphatic rings. The van der Waals surface area contributed by atoms with Crippen molar-refractivity contribution in [1.29, 1.82) is 0 Å². The molecule has 3 aliphatic heterocycles. The van der Waals surface area contributed by atoms with Crippen LogP contribution in [0.3, 0.4) is 0 Å². The van der Waals surface area contributed by atoms with Crippen LogP contribution in [-0.2, 0) is 0 Å². The van der Waals surface area contributed by atoms with Gasteiger partial charge in [0.1, 0.15) is 0 Å². The minimum absolute atomic E-state index is 0.807. The van der Waals surface area contributed by atoms with Gasteiger partial charge in [-0.3, -0.25) is 4.90 Å². The van der Waals surface area contributed by atoms with E-state index < -0.39 is 0 Å². The second kappa shape index (κ2) is 5.89. The molecule has 0 spiro atoms. The van der Waals surface area contributed by atoms with Crippen LogP contribution in [0.5, 0.6) is 0 Å². The van der Waals surface area contributed by atoms with Gasteiger partial charge in [0.05, 0.1) is 0 Å². The highest BCUT2D eigenvalue weighted by Gasteiger charge is 2.35. The van der Waals surface area contributed by atoms with Crippen molar-refractivity contribution in [2.75, 3.05) is 32.7 Å². The molecule has 3 nitrogen and oxygen atoms in total. The third kappa shape index (κ3) is 2.59. The van der Waals surface area contributed by atoms with Gasteiger partial charge in [0.25, 0.3) is 0 Å². The van der Waals surface area contributed by atoms with E-state index in [9.17, 15) is 0 Å². The predicted molar refractivity (Wildman–Crippen MR) is 75.9 cm³/mol. The molecule has 104 valence electrons. The first-order valence-electron chi connectivity index (χ1n) is 8.09. The monoisotopic (exact) mass is 251 g/mol. The minimum atomic E-state index is 0.807. The Kier molecular flexibility index (Phi) is 4.22. The van der Waals surface area contributed by atoms with Gasteiger partial charge in [0.15, 0.2) is 0 Å². The average Bonchev–Trinajstić information content (AvgIpc) is 2.88. The van der Waals surface area contributed by atoms with Crippen molar-refractivity contribution < 1.29 is 0 Å². The molecule has 3 atom stereocenters. The van der Waals surface area contributed by atoms with E-state index in [1.807, 2.05) is 0 Å². The Balaban J connectivity index is 1.60. The molecular weight excluding hydrogens is 222 g/mol. The molecule has 3 fully saturated rings. The van der Waals surface area contributed by atoms with E-state index in [-0.39, 0.29) is 0 Å². The van der Waals surface area contributed by atoms with Crippen molar-refractivity contribution in [1.82, 2.24) is 15.1 Å². The summed E-state index contributed by atoms with van der Waals surface area (Å²) in [6.07, 6.45) is 8.51. The molecule has 3 saturated heterocycles. The third-order valence-corrected chi connectivity index (χ3v) is 5.37. The highest BCUT2D eigenvalue weighted by Crippen LogP contribution is 2.30. The summed E-state index contributed by atoms with van der Waals surface area (Å²) in [4.78, 5) is 5.56. The quantitative estimate of drug-likeness (QED) is 0.823. The summed E-state index contributed by atoms with van der Waals surface area (Å²) in [7, 11) is 0. The van der Waals surface area contributed by atoms with Gasteiger partial charge in [-0.25, -0.2) is 0 Å². The molecule has 0 radical (unpaired) electrons. The molecule has 0 aliphatic carbocycles. The minimum Gasteiger partial charge on any atom is -0.315 e. The Morgan fingerprint density at radius 3 is 2.83 bits per heavy atom. The first-order chi connectivity index (χ1) is 8.88. The molecule has 0 aromatic rings. The summed E-state index contributed by atoms with van der Waals surface area (Å²) < 4.78 is 0. The molecule has 0 bridgehead atoms. The van der Waals surface area contributed by atoms with Crippen molar-refractivity contribution >= 4 is 0 Å². The Labute approximate surface area is 112 Å². The smallest absolute Gasteiger partial charge is 0.0223 e. The lowest BCUT2D eigenvalue weighted by atomic mass is 9.93. The van der Waals surface area contributed by atoms with Crippen LogP contribution in [0.15, 0.2) is 0 Å². The number of hydrogen-bond acceptors (Lipinski definition) is 3. The first-order valence-corrected chi connectivity index (χ1v) is 8.09. The second-order valence-corrected chi connectivity index (χ2v) is 6.34. The van der Waals surface area contributed by atoms with Crippen molar-refractivity contribution in [2.24, 2.45) is 0 Å². The van der Waals surface area contributed by atoms with Crippen LogP contribution in [0.2, 0.25) is 0 Å². The highest BCUT2D eigenvalue weighted by atomic mass is 15.3. The molecule has 0 saturated carbocycles. The standard InChI is InChI=1S/C15H29N3/c1-2-18(15-5-3-8-16-12-15)14-7-10-17-9-4-6-13(17)11-14/h13-16H,2-12H2,1H3. The second-order valence-electron chi connectivity index (χ2n) is 6.34. The predicted octanol–water partition coefficient (Wildman–Crippen LogP) is 1.69. The number of hydrogen-bond donors (Lipinski definition) is 1. The number of piperidine rings is 2. The van der Waals surface area contributed by atoms with Gasteiger partial charge < -0.3 is 10.2 Å². The average molecular weight is 251 g/mol. The zero-order valence-corrected chi connectivity index (χ0v) is 11.9. The van der Waals surface area contributed by atoms with Gasteiger partial charge in [-0.2, -0.15) is 0 Å². The molecule has 0 amide bonds.